The number of pyridine rings is 1. The van der Waals surface area contributed by atoms with E-state index in [1.54, 1.807) is 12.4 Å². The Morgan fingerprint density at radius 2 is 1.95 bits per heavy atom. The minimum atomic E-state index is -0.806. The van der Waals surface area contributed by atoms with Crippen LogP contribution >= 0.6 is 0 Å². The minimum Gasteiger partial charge on any atom is -0.377 e. The molecule has 2 heterocycles. The summed E-state index contributed by atoms with van der Waals surface area (Å²) in [5.74, 6) is -0.806. The lowest BCUT2D eigenvalue weighted by atomic mass is 10.2. The molecule has 0 saturated heterocycles. The number of H-pyrrole nitrogens is 1. The highest BCUT2D eigenvalue weighted by molar-refractivity contribution is 5.74. The van der Waals surface area contributed by atoms with E-state index in [2.05, 4.69) is 20.3 Å². The molecule has 2 N–H and O–H groups in total. The summed E-state index contributed by atoms with van der Waals surface area (Å²) >= 11 is 0. The van der Waals surface area contributed by atoms with Gasteiger partial charge in [0.05, 0.1) is 11.0 Å². The molecule has 0 unspecified atom stereocenters. The predicted molar refractivity (Wildman–Crippen MR) is 73.9 cm³/mol. The van der Waals surface area contributed by atoms with Gasteiger partial charge in [-0.05, 0) is 17.7 Å². The van der Waals surface area contributed by atoms with E-state index in [1.807, 2.05) is 18.2 Å². The third kappa shape index (κ3) is 2.35. The molecule has 0 spiro atoms. The zero-order valence-electron chi connectivity index (χ0n) is 10.4. The quantitative estimate of drug-likeness (QED) is 0.764. The SMILES string of the molecule is O=c1c(F)c[nH]cc1NCc1ccc2nccnc2c1. The normalized spacial score (nSPS) is 10.7. The van der Waals surface area contributed by atoms with Gasteiger partial charge in [-0.2, -0.15) is 0 Å². The maximum atomic E-state index is 13.1. The number of nitrogens with one attached hydrogen (secondary N) is 2. The van der Waals surface area contributed by atoms with Crippen molar-refractivity contribution < 1.29 is 4.39 Å². The van der Waals surface area contributed by atoms with E-state index in [9.17, 15) is 9.18 Å². The number of aromatic nitrogens is 3. The first kappa shape index (κ1) is 12.3. The van der Waals surface area contributed by atoms with Crippen LogP contribution in [0.15, 0.2) is 47.8 Å². The average molecular weight is 270 g/mol. The van der Waals surface area contributed by atoms with E-state index in [4.69, 9.17) is 0 Å². The van der Waals surface area contributed by atoms with E-state index in [0.29, 0.717) is 6.54 Å². The van der Waals surface area contributed by atoms with Crippen LogP contribution in [0.25, 0.3) is 11.0 Å². The van der Waals surface area contributed by atoms with E-state index in [1.165, 1.54) is 6.20 Å². The second kappa shape index (κ2) is 5.08. The molecule has 0 fully saturated rings. The van der Waals surface area contributed by atoms with Crippen molar-refractivity contribution in [2.45, 2.75) is 6.54 Å². The maximum Gasteiger partial charge on any atom is 0.240 e. The van der Waals surface area contributed by atoms with Crippen molar-refractivity contribution in [2.24, 2.45) is 0 Å². The van der Waals surface area contributed by atoms with Crippen LogP contribution in [0.5, 0.6) is 0 Å². The summed E-state index contributed by atoms with van der Waals surface area (Å²) in [5.41, 5.74) is 2.06. The minimum absolute atomic E-state index is 0.198. The Kier molecular flexibility index (Phi) is 3.12. The standard InChI is InChI=1S/C14H11FN4O/c15-10-7-16-8-13(14(10)20)19-6-9-1-2-11-12(5-9)18-4-3-17-11/h1-5,7-8,19H,6H2,(H,16,20). The van der Waals surface area contributed by atoms with Crippen molar-refractivity contribution in [1.29, 1.82) is 0 Å². The molecule has 0 atom stereocenters. The highest BCUT2D eigenvalue weighted by Crippen LogP contribution is 2.12. The first-order valence-electron chi connectivity index (χ1n) is 6.04. The Balaban J connectivity index is 1.83. The summed E-state index contributed by atoms with van der Waals surface area (Å²) in [4.78, 5) is 22.5. The van der Waals surface area contributed by atoms with Crippen LogP contribution in [-0.2, 0) is 6.54 Å². The third-order valence-electron chi connectivity index (χ3n) is 2.92. The monoisotopic (exact) mass is 270 g/mol. The summed E-state index contributed by atoms with van der Waals surface area (Å²) in [5, 5.41) is 2.90. The zero-order chi connectivity index (χ0) is 13.9. The van der Waals surface area contributed by atoms with Gasteiger partial charge in [0.1, 0.15) is 5.69 Å². The highest BCUT2D eigenvalue weighted by atomic mass is 19.1. The largest absolute Gasteiger partial charge is 0.377 e. The smallest absolute Gasteiger partial charge is 0.240 e. The molecule has 0 aliphatic carbocycles. The molecule has 6 heteroatoms. The first-order valence-corrected chi connectivity index (χ1v) is 6.04. The number of aromatic amines is 1. The number of benzene rings is 1. The van der Waals surface area contributed by atoms with Gasteiger partial charge in [-0.15, -0.1) is 0 Å². The van der Waals surface area contributed by atoms with Crippen molar-refractivity contribution in [3.8, 4) is 0 Å². The summed E-state index contributed by atoms with van der Waals surface area (Å²) in [6, 6.07) is 5.62. The van der Waals surface area contributed by atoms with Crippen molar-refractivity contribution in [2.75, 3.05) is 5.32 Å². The van der Waals surface area contributed by atoms with Gasteiger partial charge in [0.2, 0.25) is 5.43 Å². The number of nitrogens with zero attached hydrogens (tertiary/aromatic N) is 2. The van der Waals surface area contributed by atoms with E-state index in [0.717, 1.165) is 22.8 Å². The van der Waals surface area contributed by atoms with Crippen LogP contribution in [0.4, 0.5) is 10.1 Å². The molecule has 0 aliphatic rings. The molecule has 0 saturated carbocycles. The second-order valence-corrected chi connectivity index (χ2v) is 4.28. The van der Waals surface area contributed by atoms with Gasteiger partial charge < -0.3 is 10.3 Å². The summed E-state index contributed by atoms with van der Waals surface area (Å²) in [6.45, 7) is 0.402. The average Bonchev–Trinajstić information content (AvgIpc) is 2.48. The maximum absolute atomic E-state index is 13.1. The lowest BCUT2D eigenvalue weighted by molar-refractivity contribution is 0.611. The van der Waals surface area contributed by atoms with Crippen LogP contribution in [0, 0.1) is 5.82 Å². The van der Waals surface area contributed by atoms with Gasteiger partial charge in [0.25, 0.3) is 0 Å². The molecule has 0 radical (unpaired) electrons. The molecule has 5 nitrogen and oxygen atoms in total. The second-order valence-electron chi connectivity index (χ2n) is 4.28. The van der Waals surface area contributed by atoms with Crippen molar-refractivity contribution >= 4 is 16.7 Å². The van der Waals surface area contributed by atoms with Gasteiger partial charge in [-0.25, -0.2) is 4.39 Å². The number of anilines is 1. The van der Waals surface area contributed by atoms with Crippen LogP contribution in [0.3, 0.4) is 0 Å². The van der Waals surface area contributed by atoms with Crippen LogP contribution in [0.1, 0.15) is 5.56 Å². The molecule has 0 amide bonds. The molecule has 20 heavy (non-hydrogen) atoms. The fourth-order valence-electron chi connectivity index (χ4n) is 1.91. The highest BCUT2D eigenvalue weighted by Gasteiger charge is 2.04. The van der Waals surface area contributed by atoms with E-state index in [-0.39, 0.29) is 5.69 Å². The zero-order valence-corrected chi connectivity index (χ0v) is 10.4. The number of hydrogen-bond acceptors (Lipinski definition) is 4. The summed E-state index contributed by atoms with van der Waals surface area (Å²) < 4.78 is 13.1. The summed E-state index contributed by atoms with van der Waals surface area (Å²) in [7, 11) is 0. The fraction of sp³-hybridized carbons (Fsp3) is 0.0714. The van der Waals surface area contributed by atoms with Gasteiger partial charge in [-0.3, -0.25) is 14.8 Å². The molecular weight excluding hydrogens is 259 g/mol. The molecule has 0 aliphatic heterocycles. The Morgan fingerprint density at radius 3 is 2.80 bits per heavy atom. The van der Waals surface area contributed by atoms with Crippen LogP contribution in [-0.4, -0.2) is 15.0 Å². The molecule has 100 valence electrons. The Bertz CT molecular complexity index is 815. The van der Waals surface area contributed by atoms with Gasteiger partial charge >= 0.3 is 0 Å². The third-order valence-corrected chi connectivity index (χ3v) is 2.92. The molecular formula is C14H11FN4O. The Morgan fingerprint density at radius 1 is 1.15 bits per heavy atom. The van der Waals surface area contributed by atoms with Gasteiger partial charge in [0, 0.05) is 31.3 Å². The molecule has 3 aromatic rings. The van der Waals surface area contributed by atoms with Crippen LogP contribution in [0.2, 0.25) is 0 Å². The summed E-state index contributed by atoms with van der Waals surface area (Å²) in [6.07, 6.45) is 5.72. The lowest BCUT2D eigenvalue weighted by Gasteiger charge is -2.06. The van der Waals surface area contributed by atoms with Gasteiger partial charge in [0.15, 0.2) is 5.82 Å². The lowest BCUT2D eigenvalue weighted by Crippen LogP contribution is -2.14. The topological polar surface area (TPSA) is 70.7 Å². The number of rotatable bonds is 3. The molecule has 0 bridgehead atoms. The van der Waals surface area contributed by atoms with Gasteiger partial charge in [-0.1, -0.05) is 6.07 Å². The van der Waals surface area contributed by atoms with E-state index >= 15 is 0 Å². The molecule has 3 rings (SSSR count). The van der Waals surface area contributed by atoms with Crippen molar-refractivity contribution in [1.82, 2.24) is 15.0 Å². The predicted octanol–water partition coefficient (Wildman–Crippen LogP) is 2.07. The number of halogens is 1. The van der Waals surface area contributed by atoms with Crippen molar-refractivity contribution in [3.05, 3.63) is 64.6 Å². The van der Waals surface area contributed by atoms with Crippen molar-refractivity contribution in [3.63, 3.8) is 0 Å². The van der Waals surface area contributed by atoms with E-state index < -0.39 is 11.2 Å². The Labute approximate surface area is 113 Å². The molecule has 2 aromatic heterocycles. The fourth-order valence-corrected chi connectivity index (χ4v) is 1.91. The number of hydrogen-bond donors (Lipinski definition) is 2. The Hall–Kier alpha value is -2.76. The first-order chi connectivity index (χ1) is 9.74. The molecule has 1 aromatic carbocycles. The number of fused-ring (bicyclic) bond motifs is 1. The van der Waals surface area contributed by atoms with Crippen LogP contribution < -0.4 is 10.7 Å².